The van der Waals surface area contributed by atoms with E-state index in [1.807, 2.05) is 39.1 Å². The number of hydrogen-bond acceptors (Lipinski definition) is 4. The first-order chi connectivity index (χ1) is 13.3. The molecule has 5 nitrogen and oxygen atoms in total. The second kappa shape index (κ2) is 10.0. The quantitative estimate of drug-likeness (QED) is 0.566. The van der Waals surface area contributed by atoms with Crippen LogP contribution in [0.1, 0.15) is 47.5 Å². The Morgan fingerprint density at radius 3 is 2.57 bits per heavy atom. The van der Waals surface area contributed by atoms with Gasteiger partial charge in [-0.3, -0.25) is 4.79 Å². The lowest BCUT2D eigenvalue weighted by molar-refractivity contribution is 0.224. The highest BCUT2D eigenvalue weighted by Gasteiger charge is 2.17. The maximum absolute atomic E-state index is 12.6. The van der Waals surface area contributed by atoms with Crippen LogP contribution < -0.4 is 20.3 Å². The van der Waals surface area contributed by atoms with Gasteiger partial charge in [0.1, 0.15) is 6.61 Å². The summed E-state index contributed by atoms with van der Waals surface area (Å²) in [6, 6.07) is 5.78. The number of ether oxygens (including phenoxy) is 2. The molecular weight excluding hydrogens is 352 g/mol. The number of aromatic nitrogens is 1. The predicted octanol–water partition coefficient (Wildman–Crippen LogP) is 5.43. The van der Waals surface area contributed by atoms with Crippen LogP contribution in [0.25, 0.3) is 10.9 Å². The molecule has 0 unspecified atom stereocenters. The largest absolute Gasteiger partial charge is 0.485 e. The van der Waals surface area contributed by atoms with Gasteiger partial charge in [-0.25, -0.2) is 0 Å². The third kappa shape index (κ3) is 5.91. The number of hydrogen-bond donors (Lipinski definition) is 2. The molecule has 0 radical (unpaired) electrons. The molecule has 2 aromatic rings. The smallest absolute Gasteiger partial charge is 0.294 e. The summed E-state index contributed by atoms with van der Waals surface area (Å²) in [7, 11) is 1.84. The Hall–Kier alpha value is -2.69. The Bertz CT molecular complexity index is 919. The number of nitrogens with one attached hydrogen (secondary N) is 2. The fraction of sp³-hybridized carbons (Fsp3) is 0.435. The third-order valence-electron chi connectivity index (χ3n) is 4.32. The van der Waals surface area contributed by atoms with Gasteiger partial charge in [-0.05, 0) is 71.7 Å². The Balaban J connectivity index is 2.31. The first-order valence-electron chi connectivity index (χ1n) is 9.78. The van der Waals surface area contributed by atoms with Gasteiger partial charge >= 0.3 is 0 Å². The summed E-state index contributed by atoms with van der Waals surface area (Å²) in [5, 5.41) is 3.91. The minimum absolute atomic E-state index is 0.126. The van der Waals surface area contributed by atoms with Gasteiger partial charge in [-0.15, -0.1) is 0 Å². The molecule has 0 atom stereocenters. The maximum atomic E-state index is 12.6. The molecule has 1 aromatic heterocycles. The zero-order valence-corrected chi connectivity index (χ0v) is 17.8. The number of allylic oxidation sites excluding steroid dienone is 3. The van der Waals surface area contributed by atoms with E-state index >= 15 is 0 Å². The van der Waals surface area contributed by atoms with Crippen LogP contribution in [0, 0.1) is 0 Å². The zero-order chi connectivity index (χ0) is 20.7. The highest BCUT2D eigenvalue weighted by atomic mass is 16.5. The molecule has 0 fully saturated rings. The second-order valence-electron chi connectivity index (χ2n) is 7.47. The Kier molecular flexibility index (Phi) is 7.73. The van der Waals surface area contributed by atoms with Gasteiger partial charge in [0.05, 0.1) is 11.6 Å². The summed E-state index contributed by atoms with van der Waals surface area (Å²) in [5.41, 5.74) is 3.94. The van der Waals surface area contributed by atoms with Crippen LogP contribution in [0.3, 0.4) is 0 Å². The molecule has 152 valence electrons. The van der Waals surface area contributed by atoms with Crippen LogP contribution in [-0.4, -0.2) is 24.7 Å². The lowest BCUT2D eigenvalue weighted by Crippen LogP contribution is -2.18. The molecular formula is C23H32N2O3. The summed E-state index contributed by atoms with van der Waals surface area (Å²) < 4.78 is 11.8. The molecule has 0 bridgehead atoms. The van der Waals surface area contributed by atoms with Gasteiger partial charge < -0.3 is 19.8 Å². The minimum atomic E-state index is -0.284. The van der Waals surface area contributed by atoms with E-state index in [1.165, 1.54) is 11.1 Å². The molecule has 0 aliphatic heterocycles. The molecule has 0 aliphatic carbocycles. The topological polar surface area (TPSA) is 63.4 Å². The summed E-state index contributed by atoms with van der Waals surface area (Å²) in [6.07, 6.45) is 6.18. The van der Waals surface area contributed by atoms with Crippen LogP contribution in [0.4, 0.5) is 5.69 Å². The lowest BCUT2D eigenvalue weighted by atomic mass is 10.1. The molecule has 0 aliphatic rings. The molecule has 2 rings (SSSR count). The van der Waals surface area contributed by atoms with E-state index in [9.17, 15) is 4.79 Å². The van der Waals surface area contributed by atoms with Gasteiger partial charge in [0.15, 0.2) is 5.75 Å². The minimum Gasteiger partial charge on any atom is -0.485 e. The zero-order valence-electron chi connectivity index (χ0n) is 17.8. The van der Waals surface area contributed by atoms with E-state index in [1.54, 1.807) is 0 Å². The van der Waals surface area contributed by atoms with Gasteiger partial charge in [0, 0.05) is 18.1 Å². The van der Waals surface area contributed by atoms with E-state index in [0.717, 1.165) is 23.9 Å². The molecule has 1 aromatic carbocycles. The number of H-pyrrole nitrogens is 1. The maximum Gasteiger partial charge on any atom is 0.294 e. The second-order valence-corrected chi connectivity index (χ2v) is 7.47. The monoisotopic (exact) mass is 384 g/mol. The average molecular weight is 385 g/mol. The summed E-state index contributed by atoms with van der Waals surface area (Å²) >= 11 is 0. The SMILES string of the molecule is CNc1ccc2c(OCC=C(C)CCC=C(C)C)c(OC(C)C)c(=O)[nH]c2c1. The number of benzene rings is 1. The van der Waals surface area contributed by atoms with Crippen molar-refractivity contribution in [3.05, 3.63) is 51.9 Å². The molecule has 0 amide bonds. The fourth-order valence-electron chi connectivity index (χ4n) is 2.85. The van der Waals surface area contributed by atoms with Crippen molar-refractivity contribution in [2.24, 2.45) is 0 Å². The molecule has 1 heterocycles. The highest BCUT2D eigenvalue weighted by Crippen LogP contribution is 2.33. The van der Waals surface area contributed by atoms with Crippen LogP contribution in [0.5, 0.6) is 11.5 Å². The molecule has 0 saturated carbocycles. The average Bonchev–Trinajstić information content (AvgIpc) is 2.63. The van der Waals surface area contributed by atoms with Crippen LogP contribution >= 0.6 is 0 Å². The van der Waals surface area contributed by atoms with Crippen molar-refractivity contribution in [3.8, 4) is 11.5 Å². The number of fused-ring (bicyclic) bond motifs is 1. The van der Waals surface area contributed by atoms with Crippen LogP contribution in [0.15, 0.2) is 46.3 Å². The van der Waals surface area contributed by atoms with Crippen molar-refractivity contribution in [2.75, 3.05) is 19.0 Å². The summed E-state index contributed by atoms with van der Waals surface area (Å²) in [6.45, 7) is 10.5. The van der Waals surface area contributed by atoms with E-state index in [0.29, 0.717) is 17.9 Å². The van der Waals surface area contributed by atoms with E-state index in [-0.39, 0.29) is 17.4 Å². The van der Waals surface area contributed by atoms with E-state index in [2.05, 4.69) is 43.2 Å². The Morgan fingerprint density at radius 1 is 1.18 bits per heavy atom. The van der Waals surface area contributed by atoms with E-state index < -0.39 is 0 Å². The number of aromatic amines is 1. The third-order valence-corrected chi connectivity index (χ3v) is 4.32. The van der Waals surface area contributed by atoms with Crippen LogP contribution in [0.2, 0.25) is 0 Å². The van der Waals surface area contributed by atoms with E-state index in [4.69, 9.17) is 9.47 Å². The number of pyridine rings is 1. The first kappa shape index (κ1) is 21.6. The molecule has 0 saturated heterocycles. The fourth-order valence-corrected chi connectivity index (χ4v) is 2.85. The van der Waals surface area contributed by atoms with Gasteiger partial charge in [-0.1, -0.05) is 17.2 Å². The van der Waals surface area contributed by atoms with Gasteiger partial charge in [-0.2, -0.15) is 0 Å². The molecule has 2 N–H and O–H groups in total. The number of anilines is 1. The lowest BCUT2D eigenvalue weighted by Gasteiger charge is -2.16. The van der Waals surface area contributed by atoms with Crippen molar-refractivity contribution in [3.63, 3.8) is 0 Å². The summed E-state index contributed by atoms with van der Waals surface area (Å²) in [4.78, 5) is 15.5. The molecule has 28 heavy (non-hydrogen) atoms. The predicted molar refractivity (Wildman–Crippen MR) is 118 cm³/mol. The van der Waals surface area contributed by atoms with Crippen molar-refractivity contribution in [1.82, 2.24) is 4.98 Å². The Morgan fingerprint density at radius 2 is 1.93 bits per heavy atom. The van der Waals surface area contributed by atoms with Crippen LogP contribution in [-0.2, 0) is 0 Å². The molecule has 5 heteroatoms. The van der Waals surface area contributed by atoms with Crippen molar-refractivity contribution in [2.45, 2.75) is 53.6 Å². The molecule has 0 spiro atoms. The normalized spacial score (nSPS) is 11.6. The van der Waals surface area contributed by atoms with Gasteiger partial charge in [0.2, 0.25) is 5.75 Å². The van der Waals surface area contributed by atoms with Crippen molar-refractivity contribution < 1.29 is 9.47 Å². The van der Waals surface area contributed by atoms with Crippen molar-refractivity contribution >= 4 is 16.6 Å². The Labute approximate surface area is 167 Å². The standard InChI is InChI=1S/C23H32N2O3/c1-15(2)8-7-9-17(5)12-13-27-21-19-11-10-18(24-6)14-20(19)25-23(26)22(21)28-16(3)4/h8,10-12,14,16,24H,7,9,13H2,1-6H3,(H,25,26). The first-order valence-corrected chi connectivity index (χ1v) is 9.78. The number of rotatable bonds is 9. The highest BCUT2D eigenvalue weighted by molar-refractivity contribution is 5.89. The van der Waals surface area contributed by atoms with Crippen molar-refractivity contribution in [1.29, 1.82) is 0 Å². The van der Waals surface area contributed by atoms with Gasteiger partial charge in [0.25, 0.3) is 5.56 Å². The summed E-state index contributed by atoms with van der Waals surface area (Å²) in [5.74, 6) is 0.721.